The number of rotatable bonds is 3. The molecule has 1 rings (SSSR count). The molecule has 0 aliphatic rings. The second-order valence-corrected chi connectivity index (χ2v) is 3.81. The Morgan fingerprint density at radius 2 is 1.81 bits per heavy atom. The summed E-state index contributed by atoms with van der Waals surface area (Å²) in [4.78, 5) is 20.7. The predicted octanol–water partition coefficient (Wildman–Crippen LogP) is 2.25. The summed E-state index contributed by atoms with van der Waals surface area (Å²) in [7, 11) is 0. The van der Waals surface area contributed by atoms with Gasteiger partial charge < -0.3 is 10.2 Å². The topological polar surface area (TPSA) is 74.6 Å². The van der Waals surface area contributed by atoms with Gasteiger partial charge >= 0.3 is 18.1 Å². The predicted molar refractivity (Wildman–Crippen MR) is 48.0 cm³/mol. The summed E-state index contributed by atoms with van der Waals surface area (Å²) in [5.41, 5.74) is -1.40. The van der Waals surface area contributed by atoms with Crippen molar-refractivity contribution >= 4 is 23.3 Å². The average molecular weight is 254 g/mol. The molecule has 1 aromatic rings. The summed E-state index contributed by atoms with van der Waals surface area (Å²) >= 11 is 0.478. The molecule has 88 valence electrons. The number of thiophene rings is 1. The quantitative estimate of drug-likeness (QED) is 0.867. The van der Waals surface area contributed by atoms with E-state index in [4.69, 9.17) is 10.2 Å². The fraction of sp³-hybridized carbons (Fsp3) is 0.250. The minimum atomic E-state index is -4.56. The van der Waals surface area contributed by atoms with Gasteiger partial charge in [-0.05, 0) is 0 Å². The monoisotopic (exact) mass is 254 g/mol. The van der Waals surface area contributed by atoms with E-state index in [0.29, 0.717) is 11.3 Å². The highest BCUT2D eigenvalue weighted by Crippen LogP contribution is 2.30. The molecule has 0 unspecified atom stereocenters. The van der Waals surface area contributed by atoms with Crippen molar-refractivity contribution in [3.05, 3.63) is 21.4 Å². The Hall–Kier alpha value is -1.57. The van der Waals surface area contributed by atoms with Gasteiger partial charge in [-0.3, -0.25) is 0 Å². The first-order valence-corrected chi connectivity index (χ1v) is 4.74. The molecule has 0 radical (unpaired) electrons. The van der Waals surface area contributed by atoms with E-state index >= 15 is 0 Å². The number of alkyl halides is 3. The number of aromatic carboxylic acids is 2. The minimum absolute atomic E-state index is 0.478. The highest BCUT2D eigenvalue weighted by Gasteiger charge is 2.33. The van der Waals surface area contributed by atoms with Crippen LogP contribution in [0.1, 0.15) is 25.6 Å². The van der Waals surface area contributed by atoms with Gasteiger partial charge in [-0.25, -0.2) is 9.59 Å². The maximum atomic E-state index is 12.1. The average Bonchev–Trinajstić information content (AvgIpc) is 2.44. The number of carboxylic acid groups (broad SMARTS) is 2. The van der Waals surface area contributed by atoms with Crippen LogP contribution in [0.4, 0.5) is 13.2 Å². The van der Waals surface area contributed by atoms with Crippen LogP contribution in [0, 0.1) is 0 Å². The van der Waals surface area contributed by atoms with Crippen molar-refractivity contribution in [1.29, 1.82) is 0 Å². The van der Waals surface area contributed by atoms with Crippen molar-refractivity contribution in [2.75, 3.05) is 0 Å². The lowest BCUT2D eigenvalue weighted by Crippen LogP contribution is -2.14. The smallest absolute Gasteiger partial charge is 0.393 e. The molecule has 1 heterocycles. The second-order valence-electron chi connectivity index (χ2n) is 2.85. The molecule has 0 aliphatic carbocycles. The van der Waals surface area contributed by atoms with E-state index in [2.05, 4.69) is 0 Å². The summed E-state index contributed by atoms with van der Waals surface area (Å²) in [6.45, 7) is 0. The first-order chi connectivity index (χ1) is 7.22. The van der Waals surface area contributed by atoms with Crippen LogP contribution in [0.3, 0.4) is 0 Å². The zero-order valence-electron chi connectivity index (χ0n) is 7.54. The minimum Gasteiger partial charge on any atom is -0.478 e. The van der Waals surface area contributed by atoms with Crippen LogP contribution in [0.2, 0.25) is 0 Å². The van der Waals surface area contributed by atoms with E-state index in [1.165, 1.54) is 0 Å². The Morgan fingerprint density at radius 3 is 2.19 bits per heavy atom. The zero-order chi connectivity index (χ0) is 12.5. The van der Waals surface area contributed by atoms with Crippen LogP contribution in [-0.4, -0.2) is 28.3 Å². The maximum absolute atomic E-state index is 12.1. The van der Waals surface area contributed by atoms with E-state index in [-0.39, 0.29) is 0 Å². The maximum Gasteiger partial charge on any atom is 0.393 e. The van der Waals surface area contributed by atoms with Crippen molar-refractivity contribution in [3.8, 4) is 0 Å². The third kappa shape index (κ3) is 2.72. The van der Waals surface area contributed by atoms with E-state index in [1.807, 2.05) is 0 Å². The SMILES string of the molecule is O=C(O)c1csc(CC(F)(F)F)c1C(=O)O. The third-order valence-electron chi connectivity index (χ3n) is 1.67. The molecule has 0 bridgehead atoms. The summed E-state index contributed by atoms with van der Waals surface area (Å²) in [5, 5.41) is 18.1. The van der Waals surface area contributed by atoms with E-state index in [9.17, 15) is 22.8 Å². The molecule has 0 atom stereocenters. The molecule has 0 fully saturated rings. The summed E-state index contributed by atoms with van der Waals surface area (Å²) in [6, 6.07) is 0. The van der Waals surface area contributed by atoms with Crippen LogP contribution in [-0.2, 0) is 6.42 Å². The summed E-state index contributed by atoms with van der Waals surface area (Å²) in [5.74, 6) is -3.22. The van der Waals surface area contributed by atoms with Gasteiger partial charge in [0.2, 0.25) is 0 Å². The highest BCUT2D eigenvalue weighted by atomic mass is 32.1. The molecule has 16 heavy (non-hydrogen) atoms. The van der Waals surface area contributed by atoms with Crippen LogP contribution in [0.15, 0.2) is 5.38 Å². The lowest BCUT2D eigenvalue weighted by Gasteiger charge is -2.05. The van der Waals surface area contributed by atoms with E-state index in [1.54, 1.807) is 0 Å². The molecule has 2 N–H and O–H groups in total. The number of halogens is 3. The van der Waals surface area contributed by atoms with E-state index < -0.39 is 40.5 Å². The molecule has 1 aromatic heterocycles. The van der Waals surface area contributed by atoms with Gasteiger partial charge in [-0.2, -0.15) is 13.2 Å². The van der Waals surface area contributed by atoms with Gasteiger partial charge in [-0.1, -0.05) is 0 Å². The van der Waals surface area contributed by atoms with Gasteiger partial charge in [0.15, 0.2) is 0 Å². The molecule has 8 heteroatoms. The molecule has 4 nitrogen and oxygen atoms in total. The summed E-state index contributed by atoms with van der Waals surface area (Å²) in [6.07, 6.45) is -6.00. The lowest BCUT2D eigenvalue weighted by molar-refractivity contribution is -0.126. The normalized spacial score (nSPS) is 11.4. The molecular weight excluding hydrogens is 249 g/mol. The Balaban J connectivity index is 3.21. The van der Waals surface area contributed by atoms with Crippen LogP contribution in [0.25, 0.3) is 0 Å². The summed E-state index contributed by atoms with van der Waals surface area (Å²) < 4.78 is 36.2. The van der Waals surface area contributed by atoms with Gasteiger partial charge in [-0.15, -0.1) is 11.3 Å². The zero-order valence-corrected chi connectivity index (χ0v) is 8.35. The van der Waals surface area contributed by atoms with Gasteiger partial charge in [0.25, 0.3) is 0 Å². The molecule has 0 amide bonds. The Labute approximate surface area is 90.9 Å². The van der Waals surface area contributed by atoms with Crippen molar-refractivity contribution < 1.29 is 33.0 Å². The molecule has 0 spiro atoms. The molecule has 0 aromatic carbocycles. The fourth-order valence-electron chi connectivity index (χ4n) is 1.10. The number of hydrogen-bond donors (Lipinski definition) is 2. The van der Waals surface area contributed by atoms with Gasteiger partial charge in [0.05, 0.1) is 17.5 Å². The highest BCUT2D eigenvalue weighted by molar-refractivity contribution is 7.10. The molecular formula is C8H5F3O4S. The van der Waals surface area contributed by atoms with Crippen LogP contribution < -0.4 is 0 Å². The number of carboxylic acids is 2. The van der Waals surface area contributed by atoms with Gasteiger partial charge in [0.1, 0.15) is 0 Å². The van der Waals surface area contributed by atoms with Crippen molar-refractivity contribution in [3.63, 3.8) is 0 Å². The molecule has 0 aliphatic heterocycles. The number of hydrogen-bond acceptors (Lipinski definition) is 3. The van der Waals surface area contributed by atoms with Crippen molar-refractivity contribution in [2.24, 2.45) is 0 Å². The Kier molecular flexibility index (Phi) is 3.22. The molecule has 0 saturated heterocycles. The van der Waals surface area contributed by atoms with Crippen molar-refractivity contribution in [1.82, 2.24) is 0 Å². The Bertz CT molecular complexity index is 435. The Morgan fingerprint density at radius 1 is 1.25 bits per heavy atom. The third-order valence-corrected chi connectivity index (χ3v) is 2.66. The second kappa shape index (κ2) is 4.12. The van der Waals surface area contributed by atoms with E-state index in [0.717, 1.165) is 5.38 Å². The van der Waals surface area contributed by atoms with Gasteiger partial charge in [0, 0.05) is 10.3 Å². The largest absolute Gasteiger partial charge is 0.478 e. The van der Waals surface area contributed by atoms with Crippen LogP contribution in [0.5, 0.6) is 0 Å². The standard InChI is InChI=1S/C8H5F3O4S/c9-8(10,11)1-4-5(7(14)15)3(2-16-4)6(12)13/h2H,1H2,(H,12,13)(H,14,15). The molecule has 0 saturated carbocycles. The number of carbonyl (C=O) groups is 2. The first kappa shape index (κ1) is 12.5. The fourth-order valence-corrected chi connectivity index (χ4v) is 2.14. The van der Waals surface area contributed by atoms with Crippen LogP contribution >= 0.6 is 11.3 Å². The van der Waals surface area contributed by atoms with Crippen molar-refractivity contribution in [2.45, 2.75) is 12.6 Å². The first-order valence-electron chi connectivity index (χ1n) is 3.86. The lowest BCUT2D eigenvalue weighted by atomic mass is 10.1.